The molecule has 0 unspecified atom stereocenters. The van der Waals surface area contributed by atoms with Gasteiger partial charge in [0.2, 0.25) is 0 Å². The van der Waals surface area contributed by atoms with E-state index in [-0.39, 0.29) is 5.92 Å². The zero-order valence-corrected chi connectivity index (χ0v) is 14.7. The molecule has 0 heterocycles. The van der Waals surface area contributed by atoms with Crippen molar-refractivity contribution in [2.24, 2.45) is 5.92 Å². The second-order valence-electron chi connectivity index (χ2n) is 6.44. The number of halogens is 1. The summed E-state index contributed by atoms with van der Waals surface area (Å²) in [5, 5.41) is -0.879. The number of benzene rings is 3. The predicted octanol–water partition coefficient (Wildman–Crippen LogP) is 5.62. The Morgan fingerprint density at radius 3 is 1.48 bits per heavy atom. The normalized spacial score (nSPS) is 23.1. The van der Waals surface area contributed by atoms with Gasteiger partial charge in [-0.1, -0.05) is 91.0 Å². The summed E-state index contributed by atoms with van der Waals surface area (Å²) in [6.45, 7) is 0.450. The maximum Gasteiger partial charge on any atom is 0.143 e. The summed E-state index contributed by atoms with van der Waals surface area (Å²) in [7, 11) is 0. The average molecular weight is 350 g/mol. The van der Waals surface area contributed by atoms with Gasteiger partial charge in [-0.3, -0.25) is 0 Å². The molecule has 1 aliphatic carbocycles. The monoisotopic (exact) mass is 349 g/mol. The molecule has 2 atom stereocenters. The van der Waals surface area contributed by atoms with E-state index in [0.29, 0.717) is 13.0 Å². The molecule has 0 radical (unpaired) electrons. The Morgan fingerprint density at radius 2 is 1.16 bits per heavy atom. The molecule has 0 aliphatic heterocycles. The minimum Gasteiger partial charge on any atom is -0.360 e. The fourth-order valence-corrected chi connectivity index (χ4v) is 3.57. The fourth-order valence-electron chi connectivity index (χ4n) is 3.32. The van der Waals surface area contributed by atoms with Crippen molar-refractivity contribution in [1.29, 1.82) is 0 Å². The number of alkyl halides is 1. The molecule has 3 aromatic rings. The Hall–Kier alpha value is -2.09. The van der Waals surface area contributed by atoms with Gasteiger partial charge < -0.3 is 4.74 Å². The van der Waals surface area contributed by atoms with E-state index >= 15 is 0 Å². The van der Waals surface area contributed by atoms with E-state index in [1.165, 1.54) is 0 Å². The Bertz CT molecular complexity index is 752. The quantitative estimate of drug-likeness (QED) is 0.414. The number of hydrogen-bond acceptors (Lipinski definition) is 1. The molecule has 0 N–H and O–H groups in total. The first-order valence-corrected chi connectivity index (χ1v) is 9.00. The van der Waals surface area contributed by atoms with Crippen molar-refractivity contribution in [1.82, 2.24) is 0 Å². The van der Waals surface area contributed by atoms with E-state index in [4.69, 9.17) is 17.7 Å². The number of ether oxygens (including phenoxy) is 1. The van der Waals surface area contributed by atoms with Gasteiger partial charge in [0.05, 0.1) is 6.61 Å². The van der Waals surface area contributed by atoms with Gasteiger partial charge in [0.15, 0.2) is 0 Å². The third-order valence-electron chi connectivity index (χ3n) is 4.77. The highest BCUT2D eigenvalue weighted by molar-refractivity contribution is 6.22. The standard InChI is InChI=1S/C23H21ClO/c24-22-16-18(22)17-25-23(19-10-4-1-5-11-19,20-12-6-2-7-13-20)21-14-8-3-9-15-21/h1-15,18,22H,16-17H2/t18-,22-/m0/s1/i22D. The van der Waals surface area contributed by atoms with Crippen LogP contribution < -0.4 is 0 Å². The summed E-state index contributed by atoms with van der Waals surface area (Å²) >= 11 is 6.16. The Balaban J connectivity index is 1.85. The minimum absolute atomic E-state index is 0.0553. The van der Waals surface area contributed by atoms with E-state index in [2.05, 4.69) is 36.4 Å². The van der Waals surface area contributed by atoms with Crippen LogP contribution in [-0.4, -0.2) is 12.0 Å². The second-order valence-corrected chi connectivity index (χ2v) is 6.92. The molecule has 0 aromatic heterocycles. The van der Waals surface area contributed by atoms with Crippen LogP contribution in [0.3, 0.4) is 0 Å². The first-order valence-electron chi connectivity index (χ1n) is 9.12. The van der Waals surface area contributed by atoms with Crippen LogP contribution in [0.25, 0.3) is 0 Å². The molecule has 3 aromatic carbocycles. The van der Waals surface area contributed by atoms with Gasteiger partial charge in [-0.05, 0) is 23.1 Å². The lowest BCUT2D eigenvalue weighted by Gasteiger charge is -2.36. The molecule has 0 amide bonds. The summed E-state index contributed by atoms with van der Waals surface area (Å²) in [5.41, 5.74) is 2.49. The first-order chi connectivity index (χ1) is 12.6. The van der Waals surface area contributed by atoms with Crippen molar-refractivity contribution < 1.29 is 6.11 Å². The fraction of sp³-hybridized carbons (Fsp3) is 0.217. The molecule has 0 spiro atoms. The third-order valence-corrected chi connectivity index (χ3v) is 5.23. The average Bonchev–Trinajstić information content (AvgIpc) is 3.31. The Kier molecular flexibility index (Phi) is 4.27. The van der Waals surface area contributed by atoms with Crippen molar-refractivity contribution in [2.75, 3.05) is 6.61 Å². The predicted molar refractivity (Wildman–Crippen MR) is 103 cm³/mol. The van der Waals surface area contributed by atoms with Crippen molar-refractivity contribution in [3.8, 4) is 0 Å². The zero-order chi connectivity index (χ0) is 18.0. The van der Waals surface area contributed by atoms with E-state index in [1.54, 1.807) is 0 Å². The van der Waals surface area contributed by atoms with Crippen molar-refractivity contribution in [3.63, 3.8) is 0 Å². The maximum atomic E-state index is 8.01. The number of hydrogen-bond donors (Lipinski definition) is 0. The highest BCUT2D eigenvalue weighted by atomic mass is 35.5. The van der Waals surface area contributed by atoms with Crippen LogP contribution in [0.2, 0.25) is 0 Å². The van der Waals surface area contributed by atoms with Gasteiger partial charge in [-0.15, -0.1) is 11.6 Å². The van der Waals surface area contributed by atoms with Crippen LogP contribution in [-0.2, 0) is 10.3 Å². The van der Waals surface area contributed by atoms with Gasteiger partial charge in [0.25, 0.3) is 0 Å². The summed E-state index contributed by atoms with van der Waals surface area (Å²) in [6.07, 6.45) is 0.670. The molecular formula is C23H21ClO. The molecule has 0 bridgehead atoms. The molecular weight excluding hydrogens is 328 g/mol. The topological polar surface area (TPSA) is 9.23 Å². The number of rotatable bonds is 6. The van der Waals surface area contributed by atoms with Crippen LogP contribution in [0.5, 0.6) is 0 Å². The molecule has 1 nitrogen and oxygen atoms in total. The summed E-state index contributed by atoms with van der Waals surface area (Å²) in [6, 6.07) is 30.8. The minimum atomic E-state index is -0.879. The van der Waals surface area contributed by atoms with E-state index in [9.17, 15) is 0 Å². The molecule has 4 rings (SSSR count). The van der Waals surface area contributed by atoms with Crippen LogP contribution in [0.4, 0.5) is 0 Å². The van der Waals surface area contributed by atoms with Gasteiger partial charge in [-0.25, -0.2) is 0 Å². The molecule has 1 saturated carbocycles. The van der Waals surface area contributed by atoms with Gasteiger partial charge in [0, 0.05) is 12.6 Å². The molecule has 2 heteroatoms. The van der Waals surface area contributed by atoms with Gasteiger partial charge in [0.1, 0.15) is 5.60 Å². The van der Waals surface area contributed by atoms with Gasteiger partial charge >= 0.3 is 0 Å². The largest absolute Gasteiger partial charge is 0.360 e. The summed E-state index contributed by atoms with van der Waals surface area (Å²) in [5.74, 6) is 0.0553. The SMILES string of the molecule is [2H][C@]1(Cl)C[C@H]1COC(c1ccccc1)(c1ccccc1)c1ccccc1. The molecule has 1 aliphatic rings. The summed E-state index contributed by atoms with van der Waals surface area (Å²) in [4.78, 5) is 0. The molecule has 126 valence electrons. The highest BCUT2D eigenvalue weighted by Gasteiger charge is 2.42. The van der Waals surface area contributed by atoms with E-state index in [1.807, 2.05) is 54.6 Å². The lowest BCUT2D eigenvalue weighted by molar-refractivity contribution is 0.00649. The van der Waals surface area contributed by atoms with Crippen LogP contribution >= 0.6 is 11.6 Å². The molecule has 1 fully saturated rings. The zero-order valence-electron chi connectivity index (χ0n) is 14.9. The Morgan fingerprint density at radius 1 is 0.800 bits per heavy atom. The first kappa shape index (κ1) is 15.2. The molecule has 0 saturated heterocycles. The lowest BCUT2D eigenvalue weighted by Crippen LogP contribution is -2.33. The van der Waals surface area contributed by atoms with E-state index < -0.39 is 11.0 Å². The van der Waals surface area contributed by atoms with Crippen LogP contribution in [0.15, 0.2) is 91.0 Å². The van der Waals surface area contributed by atoms with Gasteiger partial charge in [-0.2, -0.15) is 0 Å². The smallest absolute Gasteiger partial charge is 0.143 e. The summed E-state index contributed by atoms with van der Waals surface area (Å²) < 4.78 is 14.7. The second kappa shape index (κ2) is 7.03. The maximum absolute atomic E-state index is 8.01. The highest BCUT2D eigenvalue weighted by Crippen LogP contribution is 2.43. The third kappa shape index (κ3) is 3.22. The van der Waals surface area contributed by atoms with Crippen molar-refractivity contribution in [2.45, 2.75) is 17.4 Å². The van der Waals surface area contributed by atoms with Crippen molar-refractivity contribution in [3.05, 3.63) is 108 Å². The molecule has 25 heavy (non-hydrogen) atoms. The van der Waals surface area contributed by atoms with Crippen molar-refractivity contribution >= 4 is 11.6 Å². The van der Waals surface area contributed by atoms with Crippen LogP contribution in [0, 0.1) is 5.92 Å². The van der Waals surface area contributed by atoms with Crippen LogP contribution in [0.1, 0.15) is 24.5 Å². The van der Waals surface area contributed by atoms with E-state index in [0.717, 1.165) is 16.7 Å². The Labute approximate surface area is 155 Å². The lowest BCUT2D eigenvalue weighted by atomic mass is 9.80.